The quantitative estimate of drug-likeness (QED) is 0.236. The van der Waals surface area contributed by atoms with Gasteiger partial charge in [0.1, 0.15) is 24.4 Å². The summed E-state index contributed by atoms with van der Waals surface area (Å²) in [4.78, 5) is 0. The van der Waals surface area contributed by atoms with Crippen LogP contribution in [0.5, 0.6) is 0 Å². The highest BCUT2D eigenvalue weighted by molar-refractivity contribution is 5.26. The SMILES string of the molecule is CC(C)c1ccc(CCC(C)C(Cc2ccc(C(C)C)cc2)C(O)[C@@H](O)[C@@H](O)[C@H](O)[C@@H](O)CO)cc1. The normalized spacial score (nSPS) is 18.0. The third-order valence-corrected chi connectivity index (χ3v) is 7.45. The molecule has 0 aliphatic carbocycles. The van der Waals surface area contributed by atoms with Gasteiger partial charge in [0.05, 0.1) is 12.7 Å². The van der Waals surface area contributed by atoms with Crippen LogP contribution in [0, 0.1) is 11.8 Å². The molecule has 0 aliphatic heterocycles. The highest BCUT2D eigenvalue weighted by atomic mass is 16.4. The molecule has 0 fully saturated rings. The van der Waals surface area contributed by atoms with Gasteiger partial charge in [0, 0.05) is 0 Å². The van der Waals surface area contributed by atoms with Crippen molar-refractivity contribution in [1.29, 1.82) is 0 Å². The maximum atomic E-state index is 11.2. The van der Waals surface area contributed by atoms with Gasteiger partial charge in [-0.2, -0.15) is 0 Å². The maximum Gasteiger partial charge on any atom is 0.111 e. The Hall–Kier alpha value is -1.80. The third kappa shape index (κ3) is 8.37. The smallest absolute Gasteiger partial charge is 0.111 e. The minimum atomic E-state index is -1.80. The minimum absolute atomic E-state index is 0.0173. The zero-order valence-corrected chi connectivity index (χ0v) is 22.3. The second-order valence-corrected chi connectivity index (χ2v) is 10.9. The molecule has 0 radical (unpaired) electrons. The van der Waals surface area contributed by atoms with Crippen molar-refractivity contribution in [3.05, 3.63) is 70.8 Å². The van der Waals surface area contributed by atoms with Gasteiger partial charge < -0.3 is 30.6 Å². The first-order valence-corrected chi connectivity index (χ1v) is 13.1. The van der Waals surface area contributed by atoms with Gasteiger partial charge in [-0.05, 0) is 65.2 Å². The summed E-state index contributed by atoms with van der Waals surface area (Å²) in [7, 11) is 0. The van der Waals surface area contributed by atoms with Gasteiger partial charge >= 0.3 is 0 Å². The summed E-state index contributed by atoms with van der Waals surface area (Å²) in [6.07, 6.45) is -6.18. The van der Waals surface area contributed by atoms with Crippen molar-refractivity contribution in [2.24, 2.45) is 11.8 Å². The molecule has 0 spiro atoms. The van der Waals surface area contributed by atoms with E-state index in [-0.39, 0.29) is 5.92 Å². The van der Waals surface area contributed by atoms with Gasteiger partial charge in [0.25, 0.3) is 0 Å². The molecule has 0 aromatic heterocycles. The highest BCUT2D eigenvalue weighted by Gasteiger charge is 2.39. The van der Waals surface area contributed by atoms with Gasteiger partial charge in [0.15, 0.2) is 0 Å². The maximum absolute atomic E-state index is 11.2. The number of rotatable bonds is 14. The Morgan fingerprint density at radius 3 is 1.47 bits per heavy atom. The van der Waals surface area contributed by atoms with Crippen LogP contribution in [-0.4, -0.2) is 67.8 Å². The van der Waals surface area contributed by atoms with E-state index in [2.05, 4.69) is 64.1 Å². The van der Waals surface area contributed by atoms with Crippen LogP contribution < -0.4 is 0 Å². The monoisotopic (exact) mass is 502 g/mol. The Labute approximate surface area is 216 Å². The molecule has 202 valence electrons. The van der Waals surface area contributed by atoms with E-state index in [0.717, 1.165) is 18.4 Å². The summed E-state index contributed by atoms with van der Waals surface area (Å²) in [5, 5.41) is 61.1. The average molecular weight is 503 g/mol. The summed E-state index contributed by atoms with van der Waals surface area (Å²) in [5.41, 5.74) is 4.70. The van der Waals surface area contributed by atoms with Crippen molar-refractivity contribution in [3.8, 4) is 0 Å². The molecule has 2 aromatic carbocycles. The number of hydrogen-bond acceptors (Lipinski definition) is 6. The average Bonchev–Trinajstić information content (AvgIpc) is 2.88. The Morgan fingerprint density at radius 1 is 0.583 bits per heavy atom. The molecule has 6 N–H and O–H groups in total. The van der Waals surface area contributed by atoms with Gasteiger partial charge in [0.2, 0.25) is 0 Å². The molecular weight excluding hydrogens is 456 g/mol. The summed E-state index contributed by atoms with van der Waals surface area (Å²) < 4.78 is 0. The van der Waals surface area contributed by atoms with Crippen molar-refractivity contribution < 1.29 is 30.6 Å². The Bertz CT molecular complexity index is 879. The summed E-state index contributed by atoms with van der Waals surface area (Å²) in [5.74, 6) is 0.439. The molecule has 0 heterocycles. The van der Waals surface area contributed by atoms with E-state index in [1.807, 2.05) is 19.1 Å². The van der Waals surface area contributed by atoms with Crippen LogP contribution in [0.15, 0.2) is 48.5 Å². The fourth-order valence-corrected chi connectivity index (χ4v) is 4.64. The molecule has 6 nitrogen and oxygen atoms in total. The molecule has 7 atom stereocenters. The highest BCUT2D eigenvalue weighted by Crippen LogP contribution is 2.29. The van der Waals surface area contributed by atoms with Crippen LogP contribution in [0.1, 0.15) is 75.1 Å². The molecule has 36 heavy (non-hydrogen) atoms. The lowest BCUT2D eigenvalue weighted by atomic mass is 9.77. The van der Waals surface area contributed by atoms with E-state index in [9.17, 15) is 25.5 Å². The van der Waals surface area contributed by atoms with E-state index < -0.39 is 43.0 Å². The fraction of sp³-hybridized carbons (Fsp3) is 0.600. The van der Waals surface area contributed by atoms with Gasteiger partial charge in [-0.1, -0.05) is 83.1 Å². The lowest BCUT2D eigenvalue weighted by Gasteiger charge is -2.35. The first-order chi connectivity index (χ1) is 17.0. The van der Waals surface area contributed by atoms with E-state index in [4.69, 9.17) is 5.11 Å². The molecule has 0 saturated carbocycles. The molecule has 6 heteroatoms. The van der Waals surface area contributed by atoms with E-state index in [1.165, 1.54) is 16.7 Å². The Kier molecular flexibility index (Phi) is 12.0. The summed E-state index contributed by atoms with van der Waals surface area (Å²) in [6, 6.07) is 16.7. The number of benzene rings is 2. The lowest BCUT2D eigenvalue weighted by Crippen LogP contribution is -2.52. The van der Waals surface area contributed by atoms with Crippen molar-refractivity contribution in [1.82, 2.24) is 0 Å². The van der Waals surface area contributed by atoms with Crippen molar-refractivity contribution >= 4 is 0 Å². The standard InChI is InChI=1S/C30H46O6/c1-18(2)23-12-8-21(9-13-23)7-6-20(5)25(16-22-10-14-24(15-11-22)19(3)4)27(33)29(35)30(36)28(34)26(32)17-31/h8-15,18-20,25-36H,6-7,16-17H2,1-5H3/t20?,25?,26-,27?,28+,29+,30-/m0/s1. The molecule has 0 aliphatic rings. The van der Waals surface area contributed by atoms with Gasteiger partial charge in [-0.25, -0.2) is 0 Å². The predicted molar refractivity (Wildman–Crippen MR) is 143 cm³/mol. The van der Waals surface area contributed by atoms with E-state index >= 15 is 0 Å². The minimum Gasteiger partial charge on any atom is -0.394 e. The number of aliphatic hydroxyl groups excluding tert-OH is 6. The molecule has 2 aromatic rings. The zero-order valence-electron chi connectivity index (χ0n) is 22.3. The first-order valence-electron chi connectivity index (χ1n) is 13.1. The van der Waals surface area contributed by atoms with Crippen LogP contribution in [0.2, 0.25) is 0 Å². The van der Waals surface area contributed by atoms with Crippen LogP contribution in [0.3, 0.4) is 0 Å². The number of aryl methyl sites for hydroxylation is 1. The van der Waals surface area contributed by atoms with Gasteiger partial charge in [-0.3, -0.25) is 0 Å². The summed E-state index contributed by atoms with van der Waals surface area (Å²) >= 11 is 0. The largest absolute Gasteiger partial charge is 0.394 e. The first kappa shape index (κ1) is 30.4. The molecule has 2 rings (SSSR count). The lowest BCUT2D eigenvalue weighted by molar-refractivity contribution is -0.152. The number of hydrogen-bond donors (Lipinski definition) is 6. The van der Waals surface area contributed by atoms with Crippen LogP contribution in [-0.2, 0) is 12.8 Å². The number of aliphatic hydroxyl groups is 6. The van der Waals surface area contributed by atoms with Crippen LogP contribution in [0.4, 0.5) is 0 Å². The topological polar surface area (TPSA) is 121 Å². The van der Waals surface area contributed by atoms with Crippen molar-refractivity contribution in [3.63, 3.8) is 0 Å². The van der Waals surface area contributed by atoms with Gasteiger partial charge in [-0.15, -0.1) is 0 Å². The third-order valence-electron chi connectivity index (χ3n) is 7.45. The predicted octanol–water partition coefficient (Wildman–Crippen LogP) is 3.16. The Morgan fingerprint density at radius 2 is 1.03 bits per heavy atom. The second-order valence-electron chi connectivity index (χ2n) is 10.9. The van der Waals surface area contributed by atoms with Crippen molar-refractivity contribution in [2.45, 2.75) is 96.2 Å². The molecule has 0 bridgehead atoms. The van der Waals surface area contributed by atoms with Crippen LogP contribution in [0.25, 0.3) is 0 Å². The molecule has 0 amide bonds. The molecule has 3 unspecified atom stereocenters. The van der Waals surface area contributed by atoms with Crippen LogP contribution >= 0.6 is 0 Å². The zero-order chi connectivity index (χ0) is 27.0. The van der Waals surface area contributed by atoms with E-state index in [1.54, 1.807) is 0 Å². The second kappa shape index (κ2) is 14.2. The fourth-order valence-electron chi connectivity index (χ4n) is 4.64. The van der Waals surface area contributed by atoms with E-state index in [0.29, 0.717) is 18.3 Å². The summed E-state index contributed by atoms with van der Waals surface area (Å²) in [6.45, 7) is 9.83. The van der Waals surface area contributed by atoms with Crippen molar-refractivity contribution in [2.75, 3.05) is 6.61 Å². The molecule has 0 saturated heterocycles. The Balaban J connectivity index is 2.20. The molecular formula is C30H46O6.